The third-order valence-electron chi connectivity index (χ3n) is 4.52. The van der Waals surface area contributed by atoms with Crippen molar-refractivity contribution in [3.8, 4) is 5.75 Å². The molecule has 0 saturated heterocycles. The quantitative estimate of drug-likeness (QED) is 0.430. The van der Waals surface area contributed by atoms with Crippen LogP contribution in [0.1, 0.15) is 22.6 Å². The van der Waals surface area contributed by atoms with Crippen molar-refractivity contribution in [3.05, 3.63) is 87.9 Å². The lowest BCUT2D eigenvalue weighted by atomic mass is 10.2. The van der Waals surface area contributed by atoms with Crippen LogP contribution in [0.5, 0.6) is 5.75 Å². The number of ether oxygens (including phenoxy) is 1. The summed E-state index contributed by atoms with van der Waals surface area (Å²) in [5.74, 6) is 1.81. The van der Waals surface area contributed by atoms with Gasteiger partial charge in [-0.2, -0.15) is 0 Å². The molecule has 4 nitrogen and oxygen atoms in total. The summed E-state index contributed by atoms with van der Waals surface area (Å²) in [5.41, 5.74) is 5.35. The Hall–Kier alpha value is -2.66. The molecule has 0 saturated carbocycles. The van der Waals surface area contributed by atoms with Gasteiger partial charge in [0, 0.05) is 23.3 Å². The van der Waals surface area contributed by atoms with Crippen molar-refractivity contribution in [2.75, 3.05) is 0 Å². The summed E-state index contributed by atoms with van der Waals surface area (Å²) in [6.07, 6.45) is 1.86. The van der Waals surface area contributed by atoms with Crippen molar-refractivity contribution in [1.29, 1.82) is 0 Å². The van der Waals surface area contributed by atoms with E-state index in [0.29, 0.717) is 6.61 Å². The number of aryl methyl sites for hydroxylation is 2. The minimum atomic E-state index is 0.450. The maximum absolute atomic E-state index is 5.96. The molecule has 0 bridgehead atoms. The Bertz CT molecular complexity index is 1070. The number of nitrogens with zero attached hydrogens (tertiary/aromatic N) is 3. The molecule has 2 aromatic heterocycles. The molecule has 0 amide bonds. The van der Waals surface area contributed by atoms with Crippen LogP contribution in [0.3, 0.4) is 0 Å². The van der Waals surface area contributed by atoms with Gasteiger partial charge in [-0.25, -0.2) is 4.98 Å². The number of halogens is 1. The summed E-state index contributed by atoms with van der Waals surface area (Å²) in [4.78, 5) is 9.08. The highest BCUT2D eigenvalue weighted by molar-refractivity contribution is 9.10. The molecule has 0 aliphatic heterocycles. The molecular weight excluding hydrogens is 402 g/mol. The van der Waals surface area contributed by atoms with Crippen molar-refractivity contribution >= 4 is 27.0 Å². The van der Waals surface area contributed by atoms with E-state index in [1.165, 1.54) is 5.56 Å². The second-order valence-electron chi connectivity index (χ2n) is 6.64. The lowest BCUT2D eigenvalue weighted by molar-refractivity contribution is 0.301. The molecule has 2 heterocycles. The van der Waals surface area contributed by atoms with E-state index in [0.717, 1.165) is 44.9 Å². The number of fused-ring (bicyclic) bond motifs is 1. The fourth-order valence-electron chi connectivity index (χ4n) is 3.03. The molecule has 4 aromatic rings. The van der Waals surface area contributed by atoms with E-state index >= 15 is 0 Å². The number of pyridine rings is 1. The van der Waals surface area contributed by atoms with E-state index in [-0.39, 0.29) is 0 Å². The highest BCUT2D eigenvalue weighted by Crippen LogP contribution is 2.24. The van der Waals surface area contributed by atoms with Crippen LogP contribution in [0.2, 0.25) is 0 Å². The predicted octanol–water partition coefficient (Wildman–Crippen LogP) is 5.44. The SMILES string of the molecule is Cc1ccc(COc2ccc3nc(C)n(Cc4ccc(Br)cc4)c3c2)nc1. The second kappa shape index (κ2) is 7.53. The minimum absolute atomic E-state index is 0.450. The largest absolute Gasteiger partial charge is 0.487 e. The standard InChI is InChI=1S/C22H20BrN3O/c1-15-3-8-19(24-12-15)14-27-20-9-10-21-22(11-20)26(16(2)25-21)13-17-4-6-18(23)7-5-17/h3-12H,13-14H2,1-2H3. The van der Waals surface area contributed by atoms with Crippen LogP contribution in [0.15, 0.2) is 65.3 Å². The van der Waals surface area contributed by atoms with Crippen LogP contribution < -0.4 is 4.74 Å². The zero-order chi connectivity index (χ0) is 18.8. The summed E-state index contributed by atoms with van der Waals surface area (Å²) in [6.45, 7) is 5.29. The summed E-state index contributed by atoms with van der Waals surface area (Å²) in [5, 5.41) is 0. The first-order valence-corrected chi connectivity index (χ1v) is 9.63. The molecule has 5 heteroatoms. The second-order valence-corrected chi connectivity index (χ2v) is 7.55. The Balaban J connectivity index is 1.58. The molecule has 0 aliphatic carbocycles. The molecular formula is C22H20BrN3O. The fourth-order valence-corrected chi connectivity index (χ4v) is 3.29. The van der Waals surface area contributed by atoms with Gasteiger partial charge in [-0.15, -0.1) is 0 Å². The van der Waals surface area contributed by atoms with E-state index in [2.05, 4.69) is 60.8 Å². The van der Waals surface area contributed by atoms with Crippen molar-refractivity contribution in [2.45, 2.75) is 27.0 Å². The van der Waals surface area contributed by atoms with Crippen LogP contribution in [-0.4, -0.2) is 14.5 Å². The Morgan fingerprint density at radius 1 is 1.00 bits per heavy atom. The van der Waals surface area contributed by atoms with Crippen LogP contribution in [0.25, 0.3) is 11.0 Å². The summed E-state index contributed by atoms with van der Waals surface area (Å²) >= 11 is 3.49. The molecule has 0 atom stereocenters. The van der Waals surface area contributed by atoms with E-state index in [1.54, 1.807) is 0 Å². The van der Waals surface area contributed by atoms with Crippen LogP contribution >= 0.6 is 15.9 Å². The normalized spacial score (nSPS) is 11.1. The molecule has 27 heavy (non-hydrogen) atoms. The lowest BCUT2D eigenvalue weighted by Crippen LogP contribution is -2.02. The highest BCUT2D eigenvalue weighted by Gasteiger charge is 2.10. The average molecular weight is 422 g/mol. The van der Waals surface area contributed by atoms with Gasteiger partial charge in [0.1, 0.15) is 18.2 Å². The highest BCUT2D eigenvalue weighted by atomic mass is 79.9. The Kier molecular flexibility index (Phi) is 4.94. The van der Waals surface area contributed by atoms with Crippen molar-refractivity contribution in [3.63, 3.8) is 0 Å². The predicted molar refractivity (Wildman–Crippen MR) is 111 cm³/mol. The van der Waals surface area contributed by atoms with E-state index in [9.17, 15) is 0 Å². The Labute approximate surface area is 167 Å². The van der Waals surface area contributed by atoms with Gasteiger partial charge in [0.05, 0.1) is 16.7 Å². The maximum Gasteiger partial charge on any atom is 0.130 e. The molecule has 4 rings (SSSR count). The average Bonchev–Trinajstić information content (AvgIpc) is 2.98. The molecule has 0 unspecified atom stereocenters. The molecule has 0 N–H and O–H groups in total. The first-order chi connectivity index (χ1) is 13.1. The third-order valence-corrected chi connectivity index (χ3v) is 5.05. The monoisotopic (exact) mass is 421 g/mol. The van der Waals surface area contributed by atoms with Gasteiger partial charge < -0.3 is 9.30 Å². The van der Waals surface area contributed by atoms with Gasteiger partial charge in [0.25, 0.3) is 0 Å². The van der Waals surface area contributed by atoms with Gasteiger partial charge in [0.2, 0.25) is 0 Å². The minimum Gasteiger partial charge on any atom is -0.487 e. The molecule has 2 aromatic carbocycles. The molecule has 136 valence electrons. The topological polar surface area (TPSA) is 39.9 Å². The van der Waals surface area contributed by atoms with Gasteiger partial charge in [0.15, 0.2) is 0 Å². The van der Waals surface area contributed by atoms with Gasteiger partial charge in [-0.3, -0.25) is 4.98 Å². The van der Waals surface area contributed by atoms with Crippen molar-refractivity contribution < 1.29 is 4.74 Å². The molecule has 0 fully saturated rings. The van der Waals surface area contributed by atoms with Gasteiger partial charge in [-0.05, 0) is 55.3 Å². The van der Waals surface area contributed by atoms with Gasteiger partial charge >= 0.3 is 0 Å². The number of aromatic nitrogens is 3. The number of imidazole rings is 1. The maximum atomic E-state index is 5.96. The smallest absolute Gasteiger partial charge is 0.130 e. The summed E-state index contributed by atoms with van der Waals surface area (Å²) in [6, 6.07) is 18.5. The van der Waals surface area contributed by atoms with Crippen LogP contribution in [0, 0.1) is 13.8 Å². The Morgan fingerprint density at radius 2 is 1.81 bits per heavy atom. The van der Waals surface area contributed by atoms with Gasteiger partial charge in [-0.1, -0.05) is 34.1 Å². The zero-order valence-electron chi connectivity index (χ0n) is 15.3. The molecule has 0 aliphatic rings. The molecule has 0 radical (unpaired) electrons. The summed E-state index contributed by atoms with van der Waals surface area (Å²) in [7, 11) is 0. The van der Waals surface area contributed by atoms with E-state index in [4.69, 9.17) is 4.74 Å². The number of rotatable bonds is 5. The zero-order valence-corrected chi connectivity index (χ0v) is 16.9. The number of hydrogen-bond acceptors (Lipinski definition) is 3. The Morgan fingerprint density at radius 3 is 2.56 bits per heavy atom. The number of hydrogen-bond donors (Lipinski definition) is 0. The van der Waals surface area contributed by atoms with E-state index in [1.807, 2.05) is 44.3 Å². The lowest BCUT2D eigenvalue weighted by Gasteiger charge is -2.09. The first-order valence-electron chi connectivity index (χ1n) is 8.84. The molecule has 0 spiro atoms. The summed E-state index contributed by atoms with van der Waals surface area (Å²) < 4.78 is 9.26. The first kappa shape index (κ1) is 17.7. The number of benzene rings is 2. The van der Waals surface area contributed by atoms with Crippen LogP contribution in [0.4, 0.5) is 0 Å². The fraction of sp³-hybridized carbons (Fsp3) is 0.182. The van der Waals surface area contributed by atoms with E-state index < -0.39 is 0 Å². The van der Waals surface area contributed by atoms with Crippen molar-refractivity contribution in [2.24, 2.45) is 0 Å². The third kappa shape index (κ3) is 4.03. The van der Waals surface area contributed by atoms with Crippen LogP contribution in [-0.2, 0) is 13.2 Å². The van der Waals surface area contributed by atoms with Crippen molar-refractivity contribution in [1.82, 2.24) is 14.5 Å².